The highest BCUT2D eigenvalue weighted by Crippen LogP contribution is 2.24. The highest BCUT2D eigenvalue weighted by molar-refractivity contribution is 6.30. The van der Waals surface area contributed by atoms with E-state index in [9.17, 15) is 4.79 Å². The Morgan fingerprint density at radius 1 is 1.31 bits per heavy atom. The number of para-hydroxylation sites is 1. The first kappa shape index (κ1) is 18.0. The summed E-state index contributed by atoms with van der Waals surface area (Å²) in [6, 6.07) is 12.9. The minimum absolute atomic E-state index is 0.277. The van der Waals surface area contributed by atoms with Crippen LogP contribution in [0.2, 0.25) is 5.02 Å². The zero-order valence-electron chi connectivity index (χ0n) is 14.5. The third kappa shape index (κ3) is 3.56. The molecule has 1 aromatic heterocycles. The third-order valence-corrected chi connectivity index (χ3v) is 4.25. The van der Waals surface area contributed by atoms with Crippen LogP contribution in [-0.2, 0) is 11.3 Å². The number of methoxy groups -OCH3 is 1. The number of carbonyl (C=O) groups is 1. The topological polar surface area (TPSA) is 82.2 Å². The van der Waals surface area contributed by atoms with E-state index in [0.717, 1.165) is 16.8 Å². The van der Waals surface area contributed by atoms with E-state index in [1.54, 1.807) is 30.0 Å². The number of benzene rings is 2. The van der Waals surface area contributed by atoms with Gasteiger partial charge in [0.25, 0.3) is 5.91 Å². The molecular weight excluding hydrogens is 352 g/mol. The number of ether oxygens (including phenoxy) is 1. The quantitative estimate of drug-likeness (QED) is 0.715. The van der Waals surface area contributed by atoms with Gasteiger partial charge in [-0.1, -0.05) is 29.8 Å². The Morgan fingerprint density at radius 3 is 2.81 bits per heavy atom. The van der Waals surface area contributed by atoms with Gasteiger partial charge in [0.15, 0.2) is 0 Å². The first-order valence-electron chi connectivity index (χ1n) is 7.99. The monoisotopic (exact) mass is 370 g/mol. The van der Waals surface area contributed by atoms with Gasteiger partial charge in [-0.2, -0.15) is 5.10 Å². The maximum absolute atomic E-state index is 12.7. The van der Waals surface area contributed by atoms with Crippen molar-refractivity contribution in [2.24, 2.45) is 0 Å². The fraction of sp³-hybridized carbons (Fsp3) is 0.158. The molecule has 0 aliphatic carbocycles. The van der Waals surface area contributed by atoms with Crippen molar-refractivity contribution >= 4 is 29.0 Å². The van der Waals surface area contributed by atoms with Gasteiger partial charge >= 0.3 is 0 Å². The normalized spacial score (nSPS) is 10.7. The first-order chi connectivity index (χ1) is 12.5. The van der Waals surface area contributed by atoms with Gasteiger partial charge in [0.2, 0.25) is 0 Å². The molecule has 0 bridgehead atoms. The SMILES string of the molecule is COCc1cc(Cl)ccc1NC(=O)c1cnn(-c2ccccc2C)c1N. The molecule has 2 aromatic carbocycles. The molecule has 0 fully saturated rings. The number of aromatic nitrogens is 2. The van der Waals surface area contributed by atoms with Crippen molar-refractivity contribution in [3.8, 4) is 5.69 Å². The second kappa shape index (κ2) is 7.59. The van der Waals surface area contributed by atoms with Crippen molar-refractivity contribution < 1.29 is 9.53 Å². The Bertz CT molecular complexity index is 952. The Hall–Kier alpha value is -2.83. The average molecular weight is 371 g/mol. The number of carbonyl (C=O) groups excluding carboxylic acids is 1. The number of aryl methyl sites for hydroxylation is 1. The van der Waals surface area contributed by atoms with Gasteiger partial charge in [0.1, 0.15) is 11.4 Å². The smallest absolute Gasteiger partial charge is 0.261 e. The summed E-state index contributed by atoms with van der Waals surface area (Å²) in [6.45, 7) is 2.29. The predicted molar refractivity (Wildman–Crippen MR) is 103 cm³/mol. The molecule has 26 heavy (non-hydrogen) atoms. The molecule has 0 aliphatic rings. The first-order valence-corrected chi connectivity index (χ1v) is 8.37. The van der Waals surface area contributed by atoms with Crippen molar-refractivity contribution in [2.75, 3.05) is 18.2 Å². The van der Waals surface area contributed by atoms with Crippen LogP contribution in [0.25, 0.3) is 5.69 Å². The fourth-order valence-corrected chi connectivity index (χ4v) is 2.87. The summed E-state index contributed by atoms with van der Waals surface area (Å²) in [6.07, 6.45) is 1.46. The summed E-state index contributed by atoms with van der Waals surface area (Å²) in [7, 11) is 1.58. The largest absolute Gasteiger partial charge is 0.383 e. The Labute approximate surface area is 156 Å². The molecule has 0 radical (unpaired) electrons. The number of amides is 1. The second-order valence-electron chi connectivity index (χ2n) is 5.83. The van der Waals surface area contributed by atoms with Gasteiger partial charge in [-0.25, -0.2) is 4.68 Å². The molecule has 1 amide bonds. The summed E-state index contributed by atoms with van der Waals surface area (Å²) < 4.78 is 6.72. The van der Waals surface area contributed by atoms with Crippen molar-refractivity contribution in [1.82, 2.24) is 9.78 Å². The van der Waals surface area contributed by atoms with E-state index in [0.29, 0.717) is 22.9 Å². The van der Waals surface area contributed by atoms with Crippen LogP contribution >= 0.6 is 11.6 Å². The van der Waals surface area contributed by atoms with Crippen LogP contribution in [0.3, 0.4) is 0 Å². The number of nitrogen functional groups attached to an aromatic ring is 1. The highest BCUT2D eigenvalue weighted by Gasteiger charge is 2.18. The molecule has 1 heterocycles. The molecule has 3 N–H and O–H groups in total. The highest BCUT2D eigenvalue weighted by atomic mass is 35.5. The lowest BCUT2D eigenvalue weighted by atomic mass is 10.1. The standard InChI is InChI=1S/C19H19ClN4O2/c1-12-5-3-4-6-17(12)24-18(21)15(10-22-24)19(25)23-16-8-7-14(20)9-13(16)11-26-2/h3-10H,11,21H2,1-2H3,(H,23,25). The molecule has 6 nitrogen and oxygen atoms in total. The van der Waals surface area contributed by atoms with Crippen LogP contribution < -0.4 is 11.1 Å². The second-order valence-corrected chi connectivity index (χ2v) is 6.27. The van der Waals surface area contributed by atoms with Crippen LogP contribution in [0.15, 0.2) is 48.7 Å². The molecule has 3 aromatic rings. The van der Waals surface area contributed by atoms with E-state index < -0.39 is 0 Å². The molecule has 0 atom stereocenters. The number of anilines is 2. The van der Waals surface area contributed by atoms with Gasteiger partial charge < -0.3 is 15.8 Å². The molecule has 3 rings (SSSR count). The molecule has 0 spiro atoms. The summed E-state index contributed by atoms with van der Waals surface area (Å²) >= 11 is 6.02. The maximum Gasteiger partial charge on any atom is 0.261 e. The van der Waals surface area contributed by atoms with Crippen LogP contribution in [-0.4, -0.2) is 22.8 Å². The van der Waals surface area contributed by atoms with Crippen LogP contribution in [0.5, 0.6) is 0 Å². The van der Waals surface area contributed by atoms with Crippen LogP contribution in [0.4, 0.5) is 11.5 Å². The lowest BCUT2D eigenvalue weighted by molar-refractivity contribution is 0.102. The minimum atomic E-state index is -0.345. The Morgan fingerprint density at radius 2 is 2.08 bits per heavy atom. The molecule has 7 heteroatoms. The molecule has 0 unspecified atom stereocenters. The average Bonchev–Trinajstić information content (AvgIpc) is 2.99. The van der Waals surface area contributed by atoms with Crippen molar-refractivity contribution in [1.29, 1.82) is 0 Å². The number of hydrogen-bond donors (Lipinski definition) is 2. The molecule has 0 saturated carbocycles. The van der Waals surface area contributed by atoms with Gasteiger partial charge in [0, 0.05) is 23.4 Å². The van der Waals surface area contributed by atoms with Crippen LogP contribution in [0, 0.1) is 6.92 Å². The van der Waals surface area contributed by atoms with E-state index in [1.165, 1.54) is 6.20 Å². The third-order valence-electron chi connectivity index (χ3n) is 4.01. The Kier molecular flexibility index (Phi) is 5.25. The van der Waals surface area contributed by atoms with Gasteiger partial charge in [-0.05, 0) is 36.8 Å². The molecule has 0 saturated heterocycles. The lowest BCUT2D eigenvalue weighted by Crippen LogP contribution is -2.15. The number of halogens is 1. The van der Waals surface area contributed by atoms with E-state index in [2.05, 4.69) is 10.4 Å². The molecule has 0 aliphatic heterocycles. The van der Waals surface area contributed by atoms with E-state index in [-0.39, 0.29) is 11.7 Å². The predicted octanol–water partition coefficient (Wildman–Crippen LogP) is 3.82. The molecule has 134 valence electrons. The number of nitrogens with two attached hydrogens (primary N) is 1. The summed E-state index contributed by atoms with van der Waals surface area (Å²) in [5, 5.41) is 7.69. The van der Waals surface area contributed by atoms with Gasteiger partial charge in [-0.3, -0.25) is 4.79 Å². The molecular formula is C19H19ClN4O2. The summed E-state index contributed by atoms with van der Waals surface area (Å²) in [5.41, 5.74) is 9.70. The van der Waals surface area contributed by atoms with E-state index in [4.69, 9.17) is 22.1 Å². The zero-order valence-corrected chi connectivity index (χ0v) is 15.2. The van der Waals surface area contributed by atoms with Crippen molar-refractivity contribution in [2.45, 2.75) is 13.5 Å². The lowest BCUT2D eigenvalue weighted by Gasteiger charge is -2.11. The number of rotatable bonds is 5. The fourth-order valence-electron chi connectivity index (χ4n) is 2.67. The minimum Gasteiger partial charge on any atom is -0.383 e. The summed E-state index contributed by atoms with van der Waals surface area (Å²) in [4.78, 5) is 12.7. The van der Waals surface area contributed by atoms with Crippen molar-refractivity contribution in [3.63, 3.8) is 0 Å². The van der Waals surface area contributed by atoms with E-state index in [1.807, 2.05) is 31.2 Å². The number of nitrogens with one attached hydrogen (secondary N) is 1. The summed E-state index contributed by atoms with van der Waals surface area (Å²) in [5.74, 6) is -0.0685. The van der Waals surface area contributed by atoms with Gasteiger partial charge in [0.05, 0.1) is 18.5 Å². The van der Waals surface area contributed by atoms with Crippen LogP contribution in [0.1, 0.15) is 21.5 Å². The van der Waals surface area contributed by atoms with E-state index >= 15 is 0 Å². The number of hydrogen-bond acceptors (Lipinski definition) is 4. The Balaban J connectivity index is 1.90. The number of nitrogens with zero attached hydrogens (tertiary/aromatic N) is 2. The van der Waals surface area contributed by atoms with Crippen molar-refractivity contribution in [3.05, 3.63) is 70.4 Å². The zero-order chi connectivity index (χ0) is 18.7. The maximum atomic E-state index is 12.7. The van der Waals surface area contributed by atoms with Gasteiger partial charge in [-0.15, -0.1) is 0 Å².